The van der Waals surface area contributed by atoms with E-state index in [9.17, 15) is 18.6 Å². The minimum atomic E-state index is -0.984. The van der Waals surface area contributed by atoms with Crippen LogP contribution >= 0.6 is 0 Å². The number of nitrogens with zero attached hydrogens (tertiary/aromatic N) is 3. The Morgan fingerprint density at radius 3 is 1.52 bits per heavy atom. The first-order chi connectivity index (χ1) is 13.8. The van der Waals surface area contributed by atoms with Crippen molar-refractivity contribution in [2.24, 2.45) is 0 Å². The molecule has 0 bridgehead atoms. The summed E-state index contributed by atoms with van der Waals surface area (Å²) in [4.78, 5) is 23.1. The lowest BCUT2D eigenvalue weighted by molar-refractivity contribution is -0.729. The molecule has 7 nitrogen and oxygen atoms in total. The van der Waals surface area contributed by atoms with Crippen LogP contribution in [0.3, 0.4) is 0 Å². The van der Waals surface area contributed by atoms with E-state index in [-0.39, 0.29) is 21.2 Å². The average Bonchev–Trinajstić information content (AvgIpc) is 2.70. The Balaban J connectivity index is 1.89. The zero-order chi connectivity index (χ0) is 21.0. The molecule has 0 aromatic heterocycles. The first-order valence-corrected chi connectivity index (χ1v) is 8.53. The molecule has 0 aliphatic rings. The van der Waals surface area contributed by atoms with E-state index in [2.05, 4.69) is 0 Å². The smallest absolute Gasteiger partial charge is 0.316 e. The zero-order valence-electron chi connectivity index (χ0n) is 15.1. The molecule has 0 fully saturated rings. The van der Waals surface area contributed by atoms with Gasteiger partial charge in [0.05, 0.1) is 9.81 Å². The largest absolute Gasteiger partial charge is 0.363 e. The fraction of sp³-hybridized carbons (Fsp3) is 0.100. The Kier molecular flexibility index (Phi) is 5.77. The van der Waals surface area contributed by atoms with Gasteiger partial charge in [-0.25, -0.2) is 19.2 Å². The van der Waals surface area contributed by atoms with Gasteiger partial charge in [-0.15, -0.1) is 0 Å². The third-order valence-electron chi connectivity index (χ3n) is 4.33. The number of hydrogen-bond acceptors (Lipinski definition) is 3. The van der Waals surface area contributed by atoms with Crippen LogP contribution in [-0.2, 0) is 13.1 Å². The third-order valence-corrected chi connectivity index (χ3v) is 4.33. The van der Waals surface area contributed by atoms with E-state index in [0.29, 0.717) is 18.8 Å². The van der Waals surface area contributed by atoms with Crippen molar-refractivity contribution in [1.82, 2.24) is 0 Å². The maximum Gasteiger partial charge on any atom is 0.316 e. The second-order valence-electron chi connectivity index (χ2n) is 6.33. The molecule has 148 valence electrons. The van der Waals surface area contributed by atoms with E-state index in [0.717, 1.165) is 23.3 Å². The monoisotopic (exact) mass is 401 g/mol. The maximum atomic E-state index is 13.8. The maximum absolute atomic E-state index is 13.8. The number of benzene rings is 3. The standard InChI is InChI=1S/C20H17F2N3O4/c21-19-10-9-18(11-20(19)22)23(12-14-1-5-16(6-2-14)24(26)27)13-15-3-7-17(8-4-15)25(28)29/h1-11H,12-13H2,(H,26,27)(H,28,29)/q+2. The summed E-state index contributed by atoms with van der Waals surface area (Å²) in [6, 6.07) is 15.8. The molecule has 0 spiro atoms. The van der Waals surface area contributed by atoms with Crippen LogP contribution in [-0.4, -0.2) is 20.3 Å². The summed E-state index contributed by atoms with van der Waals surface area (Å²) in [6.07, 6.45) is 0. The third kappa shape index (κ3) is 4.89. The van der Waals surface area contributed by atoms with E-state index in [4.69, 9.17) is 10.4 Å². The van der Waals surface area contributed by atoms with Gasteiger partial charge >= 0.3 is 11.4 Å². The Hall–Kier alpha value is -3.88. The van der Waals surface area contributed by atoms with Crippen molar-refractivity contribution < 1.29 is 29.0 Å². The van der Waals surface area contributed by atoms with Gasteiger partial charge in [0, 0.05) is 49.1 Å². The molecule has 9 heteroatoms. The van der Waals surface area contributed by atoms with Crippen LogP contribution < -0.4 is 4.90 Å². The lowest BCUT2D eigenvalue weighted by Gasteiger charge is -2.25. The topological polar surface area (TPSA) is 83.9 Å². The highest BCUT2D eigenvalue weighted by molar-refractivity contribution is 5.49. The molecule has 3 aromatic rings. The lowest BCUT2D eigenvalue weighted by atomic mass is 10.1. The minimum absolute atomic E-state index is 0.0647. The molecule has 3 aromatic carbocycles. The van der Waals surface area contributed by atoms with Gasteiger partial charge in [-0.1, -0.05) is 24.3 Å². The molecule has 0 aliphatic heterocycles. The van der Waals surface area contributed by atoms with Gasteiger partial charge in [0.2, 0.25) is 0 Å². The molecule has 0 amide bonds. The zero-order valence-corrected chi connectivity index (χ0v) is 15.1. The molecule has 0 radical (unpaired) electrons. The first-order valence-electron chi connectivity index (χ1n) is 8.53. The number of anilines is 1. The van der Waals surface area contributed by atoms with Gasteiger partial charge in [0.25, 0.3) is 9.85 Å². The Morgan fingerprint density at radius 1 is 0.690 bits per heavy atom. The van der Waals surface area contributed by atoms with E-state index < -0.39 is 11.6 Å². The van der Waals surface area contributed by atoms with Crippen LogP contribution in [0.4, 0.5) is 25.8 Å². The molecule has 3 rings (SSSR count). The lowest BCUT2D eigenvalue weighted by Crippen LogP contribution is -2.22. The van der Waals surface area contributed by atoms with Crippen LogP contribution in [0.1, 0.15) is 11.1 Å². The van der Waals surface area contributed by atoms with Gasteiger partial charge in [-0.3, -0.25) is 0 Å². The van der Waals surface area contributed by atoms with Gasteiger partial charge in [-0.05, 0) is 23.3 Å². The molecule has 0 aliphatic carbocycles. The van der Waals surface area contributed by atoms with E-state index in [1.165, 1.54) is 30.3 Å². The van der Waals surface area contributed by atoms with Gasteiger partial charge in [0.15, 0.2) is 11.6 Å². The van der Waals surface area contributed by atoms with Crippen molar-refractivity contribution in [3.63, 3.8) is 0 Å². The normalized spacial score (nSPS) is 10.6. The second-order valence-corrected chi connectivity index (χ2v) is 6.33. The number of halogens is 2. The molecule has 0 unspecified atom stereocenters. The molecule has 29 heavy (non-hydrogen) atoms. The van der Waals surface area contributed by atoms with Gasteiger partial charge in [0.1, 0.15) is 0 Å². The molecule has 0 atom stereocenters. The van der Waals surface area contributed by atoms with Crippen molar-refractivity contribution in [3.8, 4) is 0 Å². The highest BCUT2D eigenvalue weighted by Gasteiger charge is 2.16. The van der Waals surface area contributed by atoms with Crippen molar-refractivity contribution in [2.75, 3.05) is 4.90 Å². The van der Waals surface area contributed by atoms with Crippen molar-refractivity contribution in [3.05, 3.63) is 99.3 Å². The summed E-state index contributed by atoms with van der Waals surface area (Å²) in [5, 5.41) is 17.9. The van der Waals surface area contributed by atoms with Crippen LogP contribution in [0.5, 0.6) is 0 Å². The van der Waals surface area contributed by atoms with Gasteiger partial charge in [-0.2, -0.15) is 0 Å². The van der Waals surface area contributed by atoms with Crippen molar-refractivity contribution in [1.29, 1.82) is 0 Å². The molecule has 0 saturated carbocycles. The predicted octanol–water partition coefficient (Wildman–Crippen LogP) is 4.77. The number of hydrogen-bond donors (Lipinski definition) is 2. The molecular weight excluding hydrogens is 384 g/mol. The quantitative estimate of drug-likeness (QED) is 0.557. The SMILES string of the molecule is O=[N+](O)c1ccc(CN(Cc2ccc([N+](=O)O)cc2)c2ccc(F)c(F)c2)cc1. The summed E-state index contributed by atoms with van der Waals surface area (Å²) < 4.78 is 27.1. The average molecular weight is 401 g/mol. The fourth-order valence-corrected chi connectivity index (χ4v) is 2.82. The van der Waals surface area contributed by atoms with Crippen molar-refractivity contribution in [2.45, 2.75) is 13.1 Å². The minimum Gasteiger partial charge on any atom is -0.363 e. The number of rotatable bonds is 7. The van der Waals surface area contributed by atoms with E-state index in [1.54, 1.807) is 29.2 Å². The fourth-order valence-electron chi connectivity index (χ4n) is 2.82. The summed E-state index contributed by atoms with van der Waals surface area (Å²) in [5.74, 6) is -1.94. The van der Waals surface area contributed by atoms with Crippen LogP contribution in [0, 0.1) is 21.4 Å². The summed E-state index contributed by atoms with van der Waals surface area (Å²) >= 11 is 0. The first kappa shape index (κ1) is 19.9. The van der Waals surface area contributed by atoms with E-state index in [1.807, 2.05) is 0 Å². The summed E-state index contributed by atoms with van der Waals surface area (Å²) in [6.45, 7) is 0.593. The molecule has 2 N–H and O–H groups in total. The molecule has 0 saturated heterocycles. The molecular formula is C20H17F2N3O4+2. The van der Waals surface area contributed by atoms with E-state index >= 15 is 0 Å². The Morgan fingerprint density at radius 2 is 1.14 bits per heavy atom. The second kappa shape index (κ2) is 8.42. The van der Waals surface area contributed by atoms with Gasteiger partial charge < -0.3 is 4.90 Å². The van der Waals surface area contributed by atoms with Crippen LogP contribution in [0.15, 0.2) is 66.7 Å². The predicted molar refractivity (Wildman–Crippen MR) is 99.3 cm³/mol. The summed E-state index contributed by atoms with van der Waals surface area (Å²) in [5.41, 5.74) is 2.08. The van der Waals surface area contributed by atoms with Crippen molar-refractivity contribution >= 4 is 17.1 Å². The highest BCUT2D eigenvalue weighted by Crippen LogP contribution is 2.24. The Labute approximate surface area is 164 Å². The highest BCUT2D eigenvalue weighted by atomic mass is 19.2. The Bertz CT molecular complexity index is 981. The summed E-state index contributed by atoms with van der Waals surface area (Å²) in [7, 11) is 0. The van der Waals surface area contributed by atoms with Crippen LogP contribution in [0.25, 0.3) is 0 Å². The molecule has 0 heterocycles. The van der Waals surface area contributed by atoms with Crippen LogP contribution in [0.2, 0.25) is 0 Å².